The normalized spacial score (nSPS) is 16.2. The number of nitrogens with zero attached hydrogens (tertiary/aromatic N) is 2. The average Bonchev–Trinajstić information content (AvgIpc) is 2.95. The molecular weight excluding hydrogens is 438 g/mol. The second-order valence-electron chi connectivity index (χ2n) is 8.14. The molecule has 0 saturated carbocycles. The van der Waals surface area contributed by atoms with Crippen molar-refractivity contribution in [3.05, 3.63) is 101 Å². The summed E-state index contributed by atoms with van der Waals surface area (Å²) < 4.78 is 26.8. The molecule has 1 aliphatic heterocycles. The van der Waals surface area contributed by atoms with Crippen molar-refractivity contribution >= 4 is 23.1 Å². The number of hydrogen-bond donors (Lipinski definition) is 2. The Morgan fingerprint density at radius 2 is 1.71 bits per heavy atom. The number of amides is 1. The van der Waals surface area contributed by atoms with Gasteiger partial charge in [0, 0.05) is 17.2 Å². The van der Waals surface area contributed by atoms with Crippen LogP contribution in [0.4, 0.5) is 14.5 Å². The largest absolute Gasteiger partial charge is 0.346 e. The number of halogens is 2. The standard InChI is InChI=1S/C26H24F2N4O2/c1-16(31-24(33)13-17-11-19(27)14-20(28)12-17)26(34)23-15-30-25(18-7-3-2-4-8-18)21-9-5-6-10-22(21)32(23)29/h2-12,14,16,23H,13,15,29H2,1H3,(H,31,33). The fourth-order valence-corrected chi connectivity index (χ4v) is 4.04. The summed E-state index contributed by atoms with van der Waals surface area (Å²) in [5.74, 6) is 4.01. The maximum atomic E-state index is 13.4. The van der Waals surface area contributed by atoms with E-state index < -0.39 is 29.6 Å². The van der Waals surface area contributed by atoms with Gasteiger partial charge < -0.3 is 5.32 Å². The highest BCUT2D eigenvalue weighted by Crippen LogP contribution is 2.27. The highest BCUT2D eigenvalue weighted by Gasteiger charge is 2.33. The molecule has 0 aromatic heterocycles. The number of ketones is 1. The van der Waals surface area contributed by atoms with Crippen molar-refractivity contribution in [3.8, 4) is 0 Å². The smallest absolute Gasteiger partial charge is 0.224 e. The highest BCUT2D eigenvalue weighted by molar-refractivity contribution is 6.16. The molecule has 0 bridgehead atoms. The first-order chi connectivity index (χ1) is 16.3. The van der Waals surface area contributed by atoms with Crippen LogP contribution in [0.3, 0.4) is 0 Å². The van der Waals surface area contributed by atoms with Gasteiger partial charge in [-0.1, -0.05) is 48.5 Å². The van der Waals surface area contributed by atoms with Gasteiger partial charge in [-0.05, 0) is 30.7 Å². The zero-order valence-corrected chi connectivity index (χ0v) is 18.5. The molecular formula is C26H24F2N4O2. The monoisotopic (exact) mass is 462 g/mol. The highest BCUT2D eigenvalue weighted by atomic mass is 19.1. The molecule has 0 radical (unpaired) electrons. The van der Waals surface area contributed by atoms with Gasteiger partial charge in [-0.2, -0.15) is 0 Å². The fraction of sp³-hybridized carbons (Fsp3) is 0.192. The molecule has 6 nitrogen and oxygen atoms in total. The number of fused-ring (bicyclic) bond motifs is 1. The van der Waals surface area contributed by atoms with E-state index in [9.17, 15) is 18.4 Å². The van der Waals surface area contributed by atoms with E-state index in [-0.39, 0.29) is 24.3 Å². The predicted molar refractivity (Wildman–Crippen MR) is 127 cm³/mol. The van der Waals surface area contributed by atoms with Crippen LogP contribution in [0.1, 0.15) is 23.6 Å². The lowest BCUT2D eigenvalue weighted by molar-refractivity contribution is -0.127. The number of hydrazine groups is 1. The molecule has 0 aliphatic carbocycles. The Morgan fingerprint density at radius 1 is 1.06 bits per heavy atom. The first-order valence-corrected chi connectivity index (χ1v) is 10.8. The third-order valence-electron chi connectivity index (χ3n) is 5.66. The molecule has 0 fully saturated rings. The summed E-state index contributed by atoms with van der Waals surface area (Å²) in [6, 6.07) is 18.2. The van der Waals surface area contributed by atoms with Crippen LogP contribution in [-0.2, 0) is 16.0 Å². The number of hydrogen-bond acceptors (Lipinski definition) is 5. The quantitative estimate of drug-likeness (QED) is 0.551. The number of para-hydroxylation sites is 1. The van der Waals surface area contributed by atoms with Crippen LogP contribution in [0.15, 0.2) is 77.8 Å². The maximum Gasteiger partial charge on any atom is 0.224 e. The molecule has 3 N–H and O–H groups in total. The Kier molecular flexibility index (Phi) is 6.79. The van der Waals surface area contributed by atoms with Gasteiger partial charge in [-0.25, -0.2) is 14.6 Å². The zero-order valence-electron chi connectivity index (χ0n) is 18.5. The summed E-state index contributed by atoms with van der Waals surface area (Å²) in [7, 11) is 0. The van der Waals surface area contributed by atoms with Gasteiger partial charge in [0.05, 0.1) is 30.4 Å². The summed E-state index contributed by atoms with van der Waals surface area (Å²) >= 11 is 0. The Labute approximate surface area is 196 Å². The number of carbonyl (C=O) groups excluding carboxylic acids is 2. The van der Waals surface area contributed by atoms with Gasteiger partial charge >= 0.3 is 0 Å². The number of benzodiazepines with no additional fused rings is 1. The lowest BCUT2D eigenvalue weighted by atomic mass is 10.0. The summed E-state index contributed by atoms with van der Waals surface area (Å²) in [5.41, 5.74) is 3.26. The number of nitrogens with two attached hydrogens (primary N) is 1. The van der Waals surface area contributed by atoms with Crippen molar-refractivity contribution < 1.29 is 18.4 Å². The molecule has 174 valence electrons. The van der Waals surface area contributed by atoms with Crippen molar-refractivity contribution in [2.24, 2.45) is 10.8 Å². The van der Waals surface area contributed by atoms with Crippen molar-refractivity contribution in [1.29, 1.82) is 0 Å². The third kappa shape index (κ3) is 5.02. The maximum absolute atomic E-state index is 13.4. The number of anilines is 1. The van der Waals surface area contributed by atoms with Crippen LogP contribution < -0.4 is 16.2 Å². The average molecular weight is 463 g/mol. The molecule has 1 heterocycles. The van der Waals surface area contributed by atoms with Gasteiger partial charge in [-0.15, -0.1) is 0 Å². The van der Waals surface area contributed by atoms with E-state index in [2.05, 4.69) is 5.32 Å². The number of Topliss-reactive ketones (excluding diaryl/α,β-unsaturated/α-hetero) is 1. The molecule has 1 aliphatic rings. The Bertz CT molecular complexity index is 1230. The SMILES string of the molecule is CC(NC(=O)Cc1cc(F)cc(F)c1)C(=O)C1CN=C(c2ccccc2)c2ccccc2N1N. The van der Waals surface area contributed by atoms with Crippen LogP contribution in [0.5, 0.6) is 0 Å². The first-order valence-electron chi connectivity index (χ1n) is 10.8. The summed E-state index contributed by atoms with van der Waals surface area (Å²) in [6.45, 7) is 1.66. The van der Waals surface area contributed by atoms with Gasteiger partial charge in [0.1, 0.15) is 17.7 Å². The minimum atomic E-state index is -0.886. The Balaban J connectivity index is 1.53. The van der Waals surface area contributed by atoms with Gasteiger partial charge in [0.2, 0.25) is 5.91 Å². The van der Waals surface area contributed by atoms with Crippen LogP contribution in [0, 0.1) is 11.6 Å². The Morgan fingerprint density at radius 3 is 2.41 bits per heavy atom. The zero-order chi connectivity index (χ0) is 24.2. The predicted octanol–water partition coefficient (Wildman–Crippen LogP) is 3.18. The van der Waals surface area contributed by atoms with Crippen molar-refractivity contribution in [1.82, 2.24) is 5.32 Å². The molecule has 0 saturated heterocycles. The number of rotatable bonds is 6. The first kappa shape index (κ1) is 23.3. The van der Waals surface area contributed by atoms with E-state index in [1.807, 2.05) is 54.6 Å². The van der Waals surface area contributed by atoms with E-state index in [1.165, 1.54) is 5.01 Å². The molecule has 2 unspecified atom stereocenters. The molecule has 34 heavy (non-hydrogen) atoms. The van der Waals surface area contributed by atoms with Crippen molar-refractivity contribution in [3.63, 3.8) is 0 Å². The van der Waals surface area contributed by atoms with Gasteiger partial charge in [-0.3, -0.25) is 19.6 Å². The number of benzene rings is 3. The molecule has 0 spiro atoms. The second-order valence-corrected chi connectivity index (χ2v) is 8.14. The van der Waals surface area contributed by atoms with E-state index >= 15 is 0 Å². The third-order valence-corrected chi connectivity index (χ3v) is 5.66. The molecule has 4 rings (SSSR count). The van der Waals surface area contributed by atoms with E-state index in [0.29, 0.717) is 5.69 Å². The Hall–Kier alpha value is -3.91. The minimum Gasteiger partial charge on any atom is -0.346 e. The van der Waals surface area contributed by atoms with Gasteiger partial charge in [0.15, 0.2) is 5.78 Å². The summed E-state index contributed by atoms with van der Waals surface area (Å²) in [6.07, 6.45) is -0.261. The summed E-state index contributed by atoms with van der Waals surface area (Å²) in [4.78, 5) is 30.4. The van der Waals surface area contributed by atoms with Crippen molar-refractivity contribution in [2.45, 2.75) is 25.4 Å². The van der Waals surface area contributed by atoms with Crippen LogP contribution in [-0.4, -0.2) is 36.0 Å². The molecule has 3 aromatic rings. The number of carbonyl (C=O) groups is 2. The summed E-state index contributed by atoms with van der Waals surface area (Å²) in [5, 5.41) is 4.00. The molecule has 3 aromatic carbocycles. The fourth-order valence-electron chi connectivity index (χ4n) is 4.04. The lowest BCUT2D eigenvalue weighted by Gasteiger charge is -2.29. The number of nitrogens with one attached hydrogen (secondary N) is 1. The topological polar surface area (TPSA) is 87.8 Å². The van der Waals surface area contributed by atoms with E-state index in [1.54, 1.807) is 6.92 Å². The van der Waals surface area contributed by atoms with Crippen LogP contribution in [0.25, 0.3) is 0 Å². The number of aliphatic imine (C=N–C) groups is 1. The van der Waals surface area contributed by atoms with Crippen LogP contribution >= 0.6 is 0 Å². The van der Waals surface area contributed by atoms with E-state index in [4.69, 9.17) is 10.8 Å². The van der Waals surface area contributed by atoms with Crippen molar-refractivity contribution in [2.75, 3.05) is 11.6 Å². The van der Waals surface area contributed by atoms with Crippen LogP contribution in [0.2, 0.25) is 0 Å². The second kappa shape index (κ2) is 9.93. The van der Waals surface area contributed by atoms with Gasteiger partial charge in [0.25, 0.3) is 0 Å². The lowest BCUT2D eigenvalue weighted by Crippen LogP contribution is -2.54. The molecule has 1 amide bonds. The molecule has 8 heteroatoms. The van der Waals surface area contributed by atoms with E-state index in [0.717, 1.165) is 35.0 Å². The molecule has 2 atom stereocenters. The minimum absolute atomic E-state index is 0.101.